The lowest BCUT2D eigenvalue weighted by Crippen LogP contribution is -2.39. The molecular formula is C27H25F4NO4. The van der Waals surface area contributed by atoms with Gasteiger partial charge in [-0.1, -0.05) is 30.3 Å². The van der Waals surface area contributed by atoms with Crippen LogP contribution in [-0.4, -0.2) is 30.1 Å². The molecular weight excluding hydrogens is 478 g/mol. The van der Waals surface area contributed by atoms with Gasteiger partial charge < -0.3 is 9.47 Å². The molecule has 0 radical (unpaired) electrons. The summed E-state index contributed by atoms with van der Waals surface area (Å²) in [5.74, 6) is -4.14. The van der Waals surface area contributed by atoms with E-state index in [0.29, 0.717) is 18.1 Å². The number of carbonyl (C=O) groups excluding carboxylic acids is 2. The molecule has 5 nitrogen and oxygen atoms in total. The zero-order valence-electron chi connectivity index (χ0n) is 20.2. The summed E-state index contributed by atoms with van der Waals surface area (Å²) >= 11 is 0. The minimum Gasteiger partial charge on any atom is -0.459 e. The van der Waals surface area contributed by atoms with E-state index in [1.807, 2.05) is 0 Å². The van der Waals surface area contributed by atoms with Gasteiger partial charge in [0.2, 0.25) is 0 Å². The first-order valence-electron chi connectivity index (χ1n) is 11.0. The molecule has 0 bridgehead atoms. The van der Waals surface area contributed by atoms with Gasteiger partial charge in [-0.05, 0) is 68.3 Å². The number of esters is 1. The average molecular weight is 503 g/mol. The maximum Gasteiger partial charge on any atom is 0.394 e. The predicted octanol–water partition coefficient (Wildman–Crippen LogP) is 6.61. The quantitative estimate of drug-likeness (QED) is 0.269. The van der Waals surface area contributed by atoms with Crippen molar-refractivity contribution in [2.45, 2.75) is 39.4 Å². The molecule has 3 aromatic carbocycles. The van der Waals surface area contributed by atoms with Crippen LogP contribution in [0.2, 0.25) is 0 Å². The summed E-state index contributed by atoms with van der Waals surface area (Å²) < 4.78 is 65.4. The first-order chi connectivity index (χ1) is 16.7. The lowest BCUT2D eigenvalue weighted by atomic mass is 10.0. The van der Waals surface area contributed by atoms with E-state index < -0.39 is 47.3 Å². The van der Waals surface area contributed by atoms with E-state index in [1.165, 1.54) is 30.3 Å². The van der Waals surface area contributed by atoms with Crippen LogP contribution in [0.5, 0.6) is 5.75 Å². The Bertz CT molecular complexity index is 1240. The van der Waals surface area contributed by atoms with E-state index >= 15 is 0 Å². The molecule has 0 N–H and O–H groups in total. The summed E-state index contributed by atoms with van der Waals surface area (Å²) in [6.45, 7) is 4.91. The third kappa shape index (κ3) is 7.07. The van der Waals surface area contributed by atoms with Crippen molar-refractivity contribution in [2.75, 3.05) is 11.4 Å². The molecule has 3 rings (SSSR count). The molecule has 190 valence electrons. The van der Waals surface area contributed by atoms with Gasteiger partial charge in [0.05, 0.1) is 0 Å². The van der Waals surface area contributed by atoms with Gasteiger partial charge in [-0.3, -0.25) is 14.5 Å². The second-order valence-electron chi connectivity index (χ2n) is 9.06. The highest BCUT2D eigenvalue weighted by molar-refractivity contribution is 6.09. The van der Waals surface area contributed by atoms with Crippen LogP contribution in [0.15, 0.2) is 66.7 Å². The number of benzene rings is 3. The maximum absolute atomic E-state index is 14.4. The summed E-state index contributed by atoms with van der Waals surface area (Å²) in [4.78, 5) is 26.8. The molecule has 0 aromatic heterocycles. The fourth-order valence-corrected chi connectivity index (χ4v) is 3.42. The number of amides is 1. The van der Waals surface area contributed by atoms with Crippen LogP contribution in [0.1, 0.15) is 38.1 Å². The third-order valence-electron chi connectivity index (χ3n) is 4.75. The molecule has 3 aromatic rings. The Morgan fingerprint density at radius 2 is 1.39 bits per heavy atom. The Morgan fingerprint density at radius 1 is 0.833 bits per heavy atom. The zero-order valence-corrected chi connectivity index (χ0v) is 20.2. The van der Waals surface area contributed by atoms with Crippen molar-refractivity contribution in [3.05, 3.63) is 83.9 Å². The van der Waals surface area contributed by atoms with Gasteiger partial charge in [0, 0.05) is 12.6 Å². The molecule has 0 aliphatic heterocycles. The second kappa shape index (κ2) is 10.4. The number of nitrogens with zero attached hydrogens (tertiary/aromatic N) is 1. The van der Waals surface area contributed by atoms with Gasteiger partial charge >= 0.3 is 12.1 Å². The van der Waals surface area contributed by atoms with Gasteiger partial charge in [-0.2, -0.15) is 8.78 Å². The highest BCUT2D eigenvalue weighted by Crippen LogP contribution is 2.30. The molecule has 0 saturated heterocycles. The molecule has 1 amide bonds. The van der Waals surface area contributed by atoms with Gasteiger partial charge in [-0.15, -0.1) is 0 Å². The van der Waals surface area contributed by atoms with E-state index in [9.17, 15) is 27.2 Å². The summed E-state index contributed by atoms with van der Waals surface area (Å²) in [6.07, 6.45) is -3.39. The van der Waals surface area contributed by atoms with Crippen molar-refractivity contribution in [1.29, 1.82) is 0 Å². The molecule has 0 saturated carbocycles. The summed E-state index contributed by atoms with van der Waals surface area (Å²) in [6, 6.07) is 15.1. The first-order valence-corrected chi connectivity index (χ1v) is 11.0. The van der Waals surface area contributed by atoms with Crippen molar-refractivity contribution in [2.24, 2.45) is 0 Å². The number of hydrogen-bond donors (Lipinski definition) is 0. The molecule has 0 fully saturated rings. The van der Waals surface area contributed by atoms with Crippen LogP contribution in [0.25, 0.3) is 11.1 Å². The fraction of sp³-hybridized carbons (Fsp3) is 0.259. The van der Waals surface area contributed by atoms with Crippen molar-refractivity contribution in [3.8, 4) is 16.9 Å². The SMILES string of the molecule is CC(C)(C)OC(=O)CN(C(=O)c1c(F)cccc1F)c1cccc(-c2cccc(OC(C)(F)F)c2)c1. The summed E-state index contributed by atoms with van der Waals surface area (Å²) in [5.41, 5.74) is -0.600. The van der Waals surface area contributed by atoms with Gasteiger partial charge in [-0.25, -0.2) is 8.78 Å². The van der Waals surface area contributed by atoms with Crippen molar-refractivity contribution in [3.63, 3.8) is 0 Å². The Labute approximate surface area is 206 Å². The maximum atomic E-state index is 14.4. The first kappa shape index (κ1) is 26.7. The molecule has 9 heteroatoms. The number of ether oxygens (including phenoxy) is 2. The third-order valence-corrected chi connectivity index (χ3v) is 4.75. The van der Waals surface area contributed by atoms with E-state index in [-0.39, 0.29) is 11.4 Å². The number of anilines is 1. The van der Waals surface area contributed by atoms with Gasteiger partial charge in [0.25, 0.3) is 5.91 Å². The lowest BCUT2D eigenvalue weighted by Gasteiger charge is -2.26. The number of alkyl halides is 2. The Morgan fingerprint density at radius 3 is 1.97 bits per heavy atom. The average Bonchev–Trinajstić information content (AvgIpc) is 2.75. The smallest absolute Gasteiger partial charge is 0.394 e. The number of rotatable bonds is 7. The van der Waals surface area contributed by atoms with Gasteiger partial charge in [0.1, 0.15) is 35.1 Å². The Balaban J connectivity index is 2.04. The Hall–Kier alpha value is -3.88. The zero-order chi connectivity index (χ0) is 26.7. The molecule has 0 heterocycles. The number of hydrogen-bond acceptors (Lipinski definition) is 4. The highest BCUT2D eigenvalue weighted by Gasteiger charge is 2.28. The molecule has 0 aliphatic rings. The molecule has 0 spiro atoms. The minimum absolute atomic E-state index is 0.0829. The van der Waals surface area contributed by atoms with E-state index in [4.69, 9.17) is 4.74 Å². The molecule has 0 unspecified atom stereocenters. The molecule has 36 heavy (non-hydrogen) atoms. The molecule has 0 atom stereocenters. The normalized spacial score (nSPS) is 11.7. The van der Waals surface area contributed by atoms with Crippen LogP contribution in [-0.2, 0) is 9.53 Å². The lowest BCUT2D eigenvalue weighted by molar-refractivity contribution is -0.159. The minimum atomic E-state index is -3.39. The largest absolute Gasteiger partial charge is 0.459 e. The van der Waals surface area contributed by atoms with Crippen LogP contribution < -0.4 is 9.64 Å². The van der Waals surface area contributed by atoms with Gasteiger partial charge in [0.15, 0.2) is 0 Å². The van der Waals surface area contributed by atoms with E-state index in [0.717, 1.165) is 23.1 Å². The second-order valence-corrected chi connectivity index (χ2v) is 9.06. The monoisotopic (exact) mass is 503 g/mol. The van der Waals surface area contributed by atoms with Crippen molar-refractivity contribution < 1.29 is 36.6 Å². The van der Waals surface area contributed by atoms with Crippen LogP contribution in [0.3, 0.4) is 0 Å². The van der Waals surface area contributed by atoms with Crippen LogP contribution in [0, 0.1) is 11.6 Å². The van der Waals surface area contributed by atoms with E-state index in [1.54, 1.807) is 39.0 Å². The standard InChI is InChI=1S/C27H25F4NO4/c1-26(2,3)36-23(33)16-32(25(34)24-21(28)12-7-13-22(24)29)19-10-5-8-17(14-19)18-9-6-11-20(15-18)35-27(4,30)31/h5-15H,16H2,1-4H3. The van der Waals surface area contributed by atoms with Crippen LogP contribution in [0.4, 0.5) is 23.2 Å². The summed E-state index contributed by atoms with van der Waals surface area (Å²) in [7, 11) is 0. The number of carbonyl (C=O) groups is 2. The summed E-state index contributed by atoms with van der Waals surface area (Å²) in [5, 5.41) is 0. The topological polar surface area (TPSA) is 55.8 Å². The fourth-order valence-electron chi connectivity index (χ4n) is 3.42. The molecule has 0 aliphatic carbocycles. The highest BCUT2D eigenvalue weighted by atomic mass is 19.3. The van der Waals surface area contributed by atoms with Crippen molar-refractivity contribution in [1.82, 2.24) is 0 Å². The van der Waals surface area contributed by atoms with E-state index in [2.05, 4.69) is 4.74 Å². The predicted molar refractivity (Wildman–Crippen MR) is 127 cm³/mol. The number of halogens is 4. The van der Waals surface area contributed by atoms with Crippen LogP contribution >= 0.6 is 0 Å². The Kier molecular flexibility index (Phi) is 7.71. The van der Waals surface area contributed by atoms with Crippen molar-refractivity contribution >= 4 is 17.6 Å².